The number of hydrogen-bond donors (Lipinski definition) is 2. The van der Waals surface area contributed by atoms with Gasteiger partial charge in [0.15, 0.2) is 0 Å². The fourth-order valence-electron chi connectivity index (χ4n) is 7.43. The molecule has 0 aliphatic rings. The molecule has 0 radical (unpaired) electrons. The van der Waals surface area contributed by atoms with Crippen molar-refractivity contribution in [1.29, 1.82) is 0 Å². The Kier molecular flexibility index (Phi) is 19.6. The number of ether oxygens (including phenoxy) is 2. The third kappa shape index (κ3) is 14.8. The maximum absolute atomic E-state index is 11.6. The van der Waals surface area contributed by atoms with Crippen LogP contribution in [0.2, 0.25) is 0 Å². The van der Waals surface area contributed by atoms with Crippen LogP contribution < -0.4 is 9.47 Å². The molecular formula is C62H60HfO6-2. The summed E-state index contributed by atoms with van der Waals surface area (Å²) in [6.07, 6.45) is 5.11. The van der Waals surface area contributed by atoms with E-state index in [-0.39, 0.29) is 48.2 Å². The van der Waals surface area contributed by atoms with Crippen LogP contribution in [0.3, 0.4) is 0 Å². The first-order chi connectivity index (χ1) is 32.8. The second kappa shape index (κ2) is 25.5. The molecule has 8 rings (SSSR count). The van der Waals surface area contributed by atoms with Crippen LogP contribution in [0.5, 0.6) is 23.0 Å². The molecule has 7 heteroatoms. The molecule has 0 spiro atoms. The molecule has 69 heavy (non-hydrogen) atoms. The van der Waals surface area contributed by atoms with Gasteiger partial charge in [0.2, 0.25) is 0 Å². The van der Waals surface area contributed by atoms with Gasteiger partial charge in [0.25, 0.3) is 0 Å². The van der Waals surface area contributed by atoms with Crippen LogP contribution in [0.1, 0.15) is 76.6 Å². The Bertz CT molecular complexity index is 2650. The summed E-state index contributed by atoms with van der Waals surface area (Å²) in [6.45, 7) is 14.1. The Hall–Kier alpha value is -6.83. The Balaban J connectivity index is 0.000000440. The maximum Gasteiger partial charge on any atom is 0.131 e. The molecule has 0 saturated heterocycles. The van der Waals surface area contributed by atoms with E-state index in [9.17, 15) is 19.8 Å². The number of aromatic hydroxyl groups is 2. The van der Waals surface area contributed by atoms with Gasteiger partial charge in [0, 0.05) is 59.2 Å². The summed E-state index contributed by atoms with van der Waals surface area (Å²) in [5.74, 6) is 1.96. The first kappa shape index (κ1) is 53.1. The Morgan fingerprint density at radius 3 is 0.986 bits per heavy atom. The second-order valence-electron chi connectivity index (χ2n) is 18.4. The Morgan fingerprint density at radius 2 is 0.681 bits per heavy atom. The van der Waals surface area contributed by atoms with Gasteiger partial charge in [-0.05, 0) is 82.3 Å². The molecule has 2 N–H and O–H groups in total. The predicted octanol–water partition coefficient (Wildman–Crippen LogP) is 14.9. The van der Waals surface area contributed by atoms with Crippen molar-refractivity contribution in [3.05, 3.63) is 216 Å². The summed E-state index contributed by atoms with van der Waals surface area (Å²) in [7, 11) is 0. The maximum atomic E-state index is 11.6. The van der Waals surface area contributed by atoms with Crippen LogP contribution in [0.25, 0.3) is 44.5 Å². The molecule has 0 aliphatic heterocycles. The van der Waals surface area contributed by atoms with Crippen molar-refractivity contribution in [3.63, 3.8) is 0 Å². The molecule has 0 unspecified atom stereocenters. The smallest absolute Gasteiger partial charge is 0.131 e. The van der Waals surface area contributed by atoms with Crippen LogP contribution in [-0.4, -0.2) is 36.0 Å². The van der Waals surface area contributed by atoms with Crippen LogP contribution >= 0.6 is 0 Å². The minimum Gasteiger partial charge on any atom is -0.507 e. The summed E-state index contributed by atoms with van der Waals surface area (Å²) < 4.78 is 12.8. The van der Waals surface area contributed by atoms with Crippen LogP contribution in [0.15, 0.2) is 194 Å². The summed E-state index contributed by atoms with van der Waals surface area (Å²) >= 11 is 0. The zero-order valence-corrected chi connectivity index (χ0v) is 43.9. The molecule has 0 aliphatic carbocycles. The van der Waals surface area contributed by atoms with Gasteiger partial charge in [-0.1, -0.05) is 151 Å². The normalized spacial score (nSPS) is 10.8. The molecule has 350 valence electrons. The van der Waals surface area contributed by atoms with Gasteiger partial charge < -0.3 is 29.3 Å². The second-order valence-corrected chi connectivity index (χ2v) is 18.4. The van der Waals surface area contributed by atoms with Crippen molar-refractivity contribution in [1.82, 2.24) is 0 Å². The van der Waals surface area contributed by atoms with Crippen molar-refractivity contribution in [2.24, 2.45) is 0 Å². The first-order valence-corrected chi connectivity index (χ1v) is 22.9. The minimum absolute atomic E-state index is 0. The molecule has 8 aromatic rings. The molecule has 8 aromatic carbocycles. The van der Waals surface area contributed by atoms with E-state index in [1.165, 1.54) is 0 Å². The van der Waals surface area contributed by atoms with Crippen LogP contribution in [-0.2, 0) is 46.3 Å². The van der Waals surface area contributed by atoms with Crippen molar-refractivity contribution in [3.8, 4) is 67.5 Å². The van der Waals surface area contributed by atoms with Crippen molar-refractivity contribution in [2.75, 3.05) is 13.2 Å². The molecular weight excluding hydrogens is 1020 g/mol. The molecule has 0 heterocycles. The first-order valence-electron chi connectivity index (χ1n) is 22.9. The summed E-state index contributed by atoms with van der Waals surface area (Å²) in [5, 5.41) is 23.2. The molecule has 0 amide bonds. The van der Waals surface area contributed by atoms with Gasteiger partial charge in [-0.15, -0.1) is 24.3 Å². The van der Waals surface area contributed by atoms with E-state index in [1.807, 2.05) is 121 Å². The quantitative estimate of drug-likeness (QED) is 0.0679. The van der Waals surface area contributed by atoms with Crippen molar-refractivity contribution >= 4 is 12.6 Å². The SMILES string of the molecule is CC(C)(C)c1cc(-c2ccccc2)c(O)c(-c2ccccc2OCCCCOc2ccccc2-c2cc(C(C)(C)C)cc(-c3ccccc3)c2O)c1.O=[C-]c1ccccc1.O=[C-]c1ccccc1.[Hf]. The van der Waals surface area contributed by atoms with Gasteiger partial charge in [0.05, 0.1) is 25.8 Å². The number of phenols is 2. The number of rotatable bonds is 13. The number of unbranched alkanes of at least 4 members (excludes halogenated alkanes) is 1. The fraction of sp³-hybridized carbons (Fsp3) is 0.194. The third-order valence-corrected chi connectivity index (χ3v) is 11.3. The zero-order valence-electron chi connectivity index (χ0n) is 40.3. The molecule has 0 atom stereocenters. The number of para-hydroxylation sites is 2. The van der Waals surface area contributed by atoms with Gasteiger partial charge in [-0.25, -0.2) is 0 Å². The minimum atomic E-state index is -0.112. The summed E-state index contributed by atoms with van der Waals surface area (Å²) in [6, 6.07) is 62.1. The van der Waals surface area contributed by atoms with E-state index in [4.69, 9.17) is 9.47 Å². The zero-order chi connectivity index (χ0) is 48.5. The number of carbonyl (C=O) groups excluding carboxylic acids is 2. The van der Waals surface area contributed by atoms with Gasteiger partial charge in [-0.2, -0.15) is 35.4 Å². The van der Waals surface area contributed by atoms with Crippen LogP contribution in [0, 0.1) is 0 Å². The molecule has 6 nitrogen and oxygen atoms in total. The average Bonchev–Trinajstić information content (AvgIpc) is 3.36. The van der Waals surface area contributed by atoms with Gasteiger partial charge in [0.1, 0.15) is 23.0 Å². The number of benzene rings is 8. The molecule has 0 bridgehead atoms. The third-order valence-electron chi connectivity index (χ3n) is 11.3. The molecule has 0 saturated carbocycles. The largest absolute Gasteiger partial charge is 0.507 e. The monoisotopic (exact) mass is 1080 g/mol. The van der Waals surface area contributed by atoms with Crippen molar-refractivity contribution < 1.29 is 55.1 Å². The Morgan fingerprint density at radius 1 is 0.391 bits per heavy atom. The van der Waals surface area contributed by atoms with E-state index in [0.29, 0.717) is 24.3 Å². The van der Waals surface area contributed by atoms with E-state index in [1.54, 1.807) is 61.1 Å². The van der Waals surface area contributed by atoms with Crippen LogP contribution in [0.4, 0.5) is 0 Å². The summed E-state index contributed by atoms with van der Waals surface area (Å²) in [5.41, 5.74) is 10.1. The molecule has 0 fully saturated rings. The summed E-state index contributed by atoms with van der Waals surface area (Å²) in [4.78, 5) is 19.8. The fourth-order valence-corrected chi connectivity index (χ4v) is 7.43. The van der Waals surface area contributed by atoms with E-state index in [2.05, 4.69) is 65.8 Å². The predicted molar refractivity (Wildman–Crippen MR) is 278 cm³/mol. The topological polar surface area (TPSA) is 93.1 Å². The van der Waals surface area contributed by atoms with Gasteiger partial charge >= 0.3 is 0 Å². The number of phenolic OH excluding ortho intramolecular Hbond substituents is 2. The average molecular weight is 1080 g/mol. The van der Waals surface area contributed by atoms with E-state index < -0.39 is 0 Å². The standard InChI is InChI=1S/C48H50O4.2C7H5O.Hf/c1-47(2,3)35-29-39(33-19-9-7-10-20-33)45(49)41(31-35)37-23-13-15-25-43(37)51-27-17-18-28-52-44-26-16-14-24-38(44)42-32-36(48(4,5)6)30-40(46(42)50)34-21-11-8-12-22-34;2*8-6-7-4-2-1-3-5-7;/h7-16,19-26,29-32,49-50H,17-18,27-28H2,1-6H3;2*1-5H;/q;2*-1;. The van der Waals surface area contributed by atoms with E-state index in [0.717, 1.165) is 80.0 Å². The van der Waals surface area contributed by atoms with Gasteiger partial charge in [-0.3, -0.25) is 0 Å². The molecule has 0 aromatic heterocycles. The van der Waals surface area contributed by atoms with E-state index >= 15 is 0 Å². The Labute approximate surface area is 427 Å². The van der Waals surface area contributed by atoms with Crippen molar-refractivity contribution in [2.45, 2.75) is 65.2 Å². The number of hydrogen-bond acceptors (Lipinski definition) is 6.